The van der Waals surface area contributed by atoms with E-state index in [2.05, 4.69) is 15.3 Å². The maximum Gasteiger partial charge on any atom is 0.150 e. The first-order valence-corrected chi connectivity index (χ1v) is 8.96. The van der Waals surface area contributed by atoms with Crippen LogP contribution in [0.5, 0.6) is 0 Å². The minimum Gasteiger partial charge on any atom is -0.368 e. The molecule has 2 atom stereocenters. The van der Waals surface area contributed by atoms with Gasteiger partial charge in [0.15, 0.2) is 0 Å². The first-order valence-electron chi connectivity index (χ1n) is 8.96. The number of carbonyl (C=O) groups excluding carboxylic acids is 1. The summed E-state index contributed by atoms with van der Waals surface area (Å²) in [6.45, 7) is 4.18. The van der Waals surface area contributed by atoms with Crippen LogP contribution < -0.4 is 5.32 Å². The zero-order chi connectivity index (χ0) is 18.5. The number of rotatable bonds is 8. The van der Waals surface area contributed by atoms with Crippen LogP contribution in [0, 0.1) is 5.92 Å². The van der Waals surface area contributed by atoms with Gasteiger partial charge in [0, 0.05) is 29.9 Å². The van der Waals surface area contributed by atoms with Gasteiger partial charge in [0.2, 0.25) is 0 Å². The van der Waals surface area contributed by atoms with E-state index in [1.807, 2.05) is 49.6 Å². The molecule has 0 aliphatic carbocycles. The summed E-state index contributed by atoms with van der Waals surface area (Å²) in [5, 5.41) is 4.42. The first-order chi connectivity index (χ1) is 12.6. The van der Waals surface area contributed by atoms with Gasteiger partial charge < -0.3 is 10.3 Å². The minimum atomic E-state index is -0.848. The molecule has 5 heteroatoms. The van der Waals surface area contributed by atoms with Crippen molar-refractivity contribution in [1.29, 1.82) is 0 Å². The van der Waals surface area contributed by atoms with Gasteiger partial charge in [-0.3, -0.25) is 4.79 Å². The predicted octanol–water partition coefficient (Wildman–Crippen LogP) is 4.57. The third-order valence-corrected chi connectivity index (χ3v) is 4.87. The number of aromatic nitrogens is 2. The molecule has 0 saturated heterocycles. The van der Waals surface area contributed by atoms with Crippen molar-refractivity contribution >= 4 is 23.0 Å². The van der Waals surface area contributed by atoms with Crippen molar-refractivity contribution < 1.29 is 9.18 Å². The number of nitrogens with zero attached hydrogens (tertiary/aromatic N) is 1. The molecule has 0 amide bonds. The fourth-order valence-electron chi connectivity index (χ4n) is 3.11. The van der Waals surface area contributed by atoms with Crippen LogP contribution in [0.15, 0.2) is 42.7 Å². The Kier molecular flexibility index (Phi) is 5.66. The number of hydrogen-bond acceptors (Lipinski definition) is 3. The maximum absolute atomic E-state index is 13.5. The number of halogens is 1. The van der Waals surface area contributed by atoms with Crippen LogP contribution in [-0.2, 0) is 12.8 Å². The second kappa shape index (κ2) is 8.13. The Labute approximate surface area is 152 Å². The summed E-state index contributed by atoms with van der Waals surface area (Å²) in [6.07, 6.45) is 5.14. The molecule has 4 nitrogen and oxygen atoms in total. The lowest BCUT2D eigenvalue weighted by molar-refractivity contribution is 0.112. The lowest BCUT2D eigenvalue weighted by atomic mass is 9.97. The minimum absolute atomic E-state index is 0.0476. The largest absolute Gasteiger partial charge is 0.368 e. The molecule has 0 bridgehead atoms. The second-order valence-electron chi connectivity index (χ2n) is 6.75. The van der Waals surface area contributed by atoms with Crippen LogP contribution >= 0.6 is 0 Å². The van der Waals surface area contributed by atoms with E-state index in [-0.39, 0.29) is 5.92 Å². The SMILES string of the molecule is CC(F)C(C)Cc1cnc(NCCc2ccccc2C=O)c2[nH]ccc12. The molecule has 3 rings (SSSR count). The third-order valence-electron chi connectivity index (χ3n) is 4.87. The number of hydrogen-bond donors (Lipinski definition) is 2. The molecule has 2 N–H and O–H groups in total. The number of alkyl halides is 1. The number of H-pyrrole nitrogens is 1. The Morgan fingerprint density at radius 1 is 1.23 bits per heavy atom. The number of nitrogens with one attached hydrogen (secondary N) is 2. The Balaban J connectivity index is 1.73. The Morgan fingerprint density at radius 2 is 2.04 bits per heavy atom. The van der Waals surface area contributed by atoms with Crippen molar-refractivity contribution in [1.82, 2.24) is 9.97 Å². The van der Waals surface area contributed by atoms with Crippen molar-refractivity contribution in [3.8, 4) is 0 Å². The lowest BCUT2D eigenvalue weighted by Crippen LogP contribution is -2.12. The maximum atomic E-state index is 13.5. The molecule has 3 aromatic rings. The van der Waals surface area contributed by atoms with Gasteiger partial charge in [-0.25, -0.2) is 9.37 Å². The molecular weight excluding hydrogens is 329 g/mol. The van der Waals surface area contributed by atoms with E-state index < -0.39 is 6.17 Å². The molecule has 136 valence electrons. The van der Waals surface area contributed by atoms with Crippen molar-refractivity contribution in [3.63, 3.8) is 0 Å². The monoisotopic (exact) mass is 353 g/mol. The Morgan fingerprint density at radius 3 is 2.81 bits per heavy atom. The normalized spacial score (nSPS) is 13.5. The molecule has 0 aliphatic heterocycles. The average Bonchev–Trinajstić information content (AvgIpc) is 3.14. The van der Waals surface area contributed by atoms with Crippen molar-refractivity contribution in [2.45, 2.75) is 32.9 Å². The van der Waals surface area contributed by atoms with E-state index in [4.69, 9.17) is 0 Å². The highest BCUT2D eigenvalue weighted by molar-refractivity contribution is 5.91. The number of aldehydes is 1. The molecular formula is C21H24FN3O. The van der Waals surface area contributed by atoms with Gasteiger partial charge in [0.1, 0.15) is 18.3 Å². The molecule has 0 radical (unpaired) electrons. The topological polar surface area (TPSA) is 57.8 Å². The average molecular weight is 353 g/mol. The standard InChI is InChI=1S/C21H24FN3O/c1-14(15(2)22)11-18-12-25-21(20-19(18)8-10-23-20)24-9-7-16-5-3-4-6-17(16)13-26/h3-6,8,10,12-15,23H,7,9,11H2,1-2H3,(H,24,25). The van der Waals surface area contributed by atoms with Gasteiger partial charge in [0.05, 0.1) is 5.52 Å². The number of carbonyl (C=O) groups is 1. The van der Waals surface area contributed by atoms with Crippen molar-refractivity contribution in [2.75, 3.05) is 11.9 Å². The predicted molar refractivity (Wildman–Crippen MR) is 104 cm³/mol. The molecule has 2 aromatic heterocycles. The van der Waals surface area contributed by atoms with Crippen LogP contribution in [0.25, 0.3) is 10.9 Å². The zero-order valence-electron chi connectivity index (χ0n) is 15.1. The number of anilines is 1. The van der Waals surface area contributed by atoms with Crippen LogP contribution in [0.1, 0.15) is 35.3 Å². The van der Waals surface area contributed by atoms with Crippen molar-refractivity contribution in [2.24, 2.45) is 5.92 Å². The summed E-state index contributed by atoms with van der Waals surface area (Å²) in [5.74, 6) is 0.729. The number of pyridine rings is 1. The highest BCUT2D eigenvalue weighted by Crippen LogP contribution is 2.26. The first kappa shape index (κ1) is 18.1. The van der Waals surface area contributed by atoms with Gasteiger partial charge in [-0.05, 0) is 42.9 Å². The van der Waals surface area contributed by atoms with Crippen molar-refractivity contribution in [3.05, 3.63) is 59.4 Å². The molecule has 26 heavy (non-hydrogen) atoms. The number of benzene rings is 1. The summed E-state index contributed by atoms with van der Waals surface area (Å²) in [7, 11) is 0. The van der Waals surface area contributed by atoms with Gasteiger partial charge in [-0.2, -0.15) is 0 Å². The second-order valence-corrected chi connectivity index (χ2v) is 6.75. The van der Waals surface area contributed by atoms with E-state index in [1.165, 1.54) is 0 Å². The summed E-state index contributed by atoms with van der Waals surface area (Å²) >= 11 is 0. The van der Waals surface area contributed by atoms with E-state index in [0.717, 1.165) is 46.1 Å². The van der Waals surface area contributed by atoms with Gasteiger partial charge in [-0.1, -0.05) is 31.2 Å². The molecule has 0 spiro atoms. The highest BCUT2D eigenvalue weighted by Gasteiger charge is 2.15. The van der Waals surface area contributed by atoms with Crippen LogP contribution in [0.4, 0.5) is 10.2 Å². The smallest absolute Gasteiger partial charge is 0.150 e. The molecule has 2 heterocycles. The summed E-state index contributed by atoms with van der Waals surface area (Å²) in [4.78, 5) is 18.9. The fourth-order valence-corrected chi connectivity index (χ4v) is 3.11. The molecule has 2 unspecified atom stereocenters. The fraction of sp³-hybridized carbons (Fsp3) is 0.333. The van der Waals surface area contributed by atoms with Crippen LogP contribution in [-0.4, -0.2) is 29.0 Å². The summed E-state index contributed by atoms with van der Waals surface area (Å²) in [5.41, 5.74) is 3.72. The summed E-state index contributed by atoms with van der Waals surface area (Å²) < 4.78 is 13.5. The Bertz CT molecular complexity index is 888. The van der Waals surface area contributed by atoms with E-state index >= 15 is 0 Å². The quantitative estimate of drug-likeness (QED) is 0.583. The van der Waals surface area contributed by atoms with E-state index in [9.17, 15) is 9.18 Å². The van der Waals surface area contributed by atoms with E-state index in [0.29, 0.717) is 13.0 Å². The lowest BCUT2D eigenvalue weighted by Gasteiger charge is -2.14. The number of fused-ring (bicyclic) bond motifs is 1. The van der Waals surface area contributed by atoms with Crippen LogP contribution in [0.3, 0.4) is 0 Å². The van der Waals surface area contributed by atoms with Gasteiger partial charge in [0.25, 0.3) is 0 Å². The van der Waals surface area contributed by atoms with Crippen LogP contribution in [0.2, 0.25) is 0 Å². The van der Waals surface area contributed by atoms with Gasteiger partial charge in [-0.15, -0.1) is 0 Å². The molecule has 0 aliphatic rings. The number of aromatic amines is 1. The Hall–Kier alpha value is -2.69. The zero-order valence-corrected chi connectivity index (χ0v) is 15.1. The van der Waals surface area contributed by atoms with Gasteiger partial charge >= 0.3 is 0 Å². The molecule has 0 saturated carbocycles. The van der Waals surface area contributed by atoms with E-state index in [1.54, 1.807) is 6.92 Å². The third kappa shape index (κ3) is 3.93. The summed E-state index contributed by atoms with van der Waals surface area (Å²) in [6, 6.07) is 9.60. The molecule has 1 aromatic carbocycles. The highest BCUT2D eigenvalue weighted by atomic mass is 19.1. The molecule has 0 fully saturated rings.